The summed E-state index contributed by atoms with van der Waals surface area (Å²) in [6.45, 7) is 11.2. The van der Waals surface area contributed by atoms with Crippen LogP contribution in [0.5, 0.6) is 0 Å². The van der Waals surface area contributed by atoms with Crippen molar-refractivity contribution in [3.63, 3.8) is 0 Å². The lowest BCUT2D eigenvalue weighted by Gasteiger charge is -2.35. The molecule has 1 aliphatic rings. The standard InChI is InChI=1S/C13H26O/c1-6-7-10(2)13(14)9-12(4,5)8-11(13)3/h10-11,14H,6-9H2,1-5H3. The Morgan fingerprint density at radius 2 is 2.00 bits per heavy atom. The van der Waals surface area contributed by atoms with Crippen LogP contribution in [0, 0.1) is 17.3 Å². The summed E-state index contributed by atoms with van der Waals surface area (Å²) in [6, 6.07) is 0. The molecule has 1 heteroatoms. The number of hydrogen-bond acceptors (Lipinski definition) is 1. The molecule has 0 aromatic heterocycles. The van der Waals surface area contributed by atoms with Crippen LogP contribution in [0.2, 0.25) is 0 Å². The Kier molecular flexibility index (Phi) is 3.30. The van der Waals surface area contributed by atoms with E-state index in [1.807, 2.05) is 0 Å². The van der Waals surface area contributed by atoms with E-state index in [0.29, 0.717) is 17.3 Å². The zero-order valence-corrected chi connectivity index (χ0v) is 10.4. The van der Waals surface area contributed by atoms with Crippen molar-refractivity contribution in [3.05, 3.63) is 0 Å². The van der Waals surface area contributed by atoms with Gasteiger partial charge in [0, 0.05) is 0 Å². The fourth-order valence-corrected chi connectivity index (χ4v) is 3.36. The lowest BCUT2D eigenvalue weighted by atomic mass is 9.78. The number of rotatable bonds is 3. The quantitative estimate of drug-likeness (QED) is 0.734. The van der Waals surface area contributed by atoms with Crippen LogP contribution in [0.3, 0.4) is 0 Å². The predicted octanol–water partition coefficient (Wildman–Crippen LogP) is 3.61. The Morgan fingerprint density at radius 3 is 2.36 bits per heavy atom. The first-order valence-electron chi connectivity index (χ1n) is 6.04. The zero-order valence-electron chi connectivity index (χ0n) is 10.4. The van der Waals surface area contributed by atoms with Gasteiger partial charge in [0.15, 0.2) is 0 Å². The van der Waals surface area contributed by atoms with Crippen LogP contribution >= 0.6 is 0 Å². The van der Waals surface area contributed by atoms with E-state index in [2.05, 4.69) is 34.6 Å². The predicted molar refractivity (Wildman–Crippen MR) is 61.2 cm³/mol. The minimum Gasteiger partial charge on any atom is -0.389 e. The molecule has 0 heterocycles. The molecule has 0 bridgehead atoms. The van der Waals surface area contributed by atoms with E-state index < -0.39 is 5.60 Å². The van der Waals surface area contributed by atoms with Gasteiger partial charge in [0.05, 0.1) is 5.60 Å². The van der Waals surface area contributed by atoms with Crippen LogP contribution < -0.4 is 0 Å². The smallest absolute Gasteiger partial charge is 0.0703 e. The van der Waals surface area contributed by atoms with Crippen LogP contribution in [0.4, 0.5) is 0 Å². The van der Waals surface area contributed by atoms with Gasteiger partial charge < -0.3 is 5.11 Å². The first kappa shape index (κ1) is 12.0. The Hall–Kier alpha value is -0.0400. The molecule has 1 nitrogen and oxygen atoms in total. The van der Waals surface area contributed by atoms with Crippen molar-refractivity contribution in [2.45, 2.75) is 65.9 Å². The Labute approximate surface area is 88.9 Å². The van der Waals surface area contributed by atoms with Gasteiger partial charge in [0.25, 0.3) is 0 Å². The van der Waals surface area contributed by atoms with Crippen molar-refractivity contribution in [1.82, 2.24) is 0 Å². The van der Waals surface area contributed by atoms with Gasteiger partial charge in [0.2, 0.25) is 0 Å². The second kappa shape index (κ2) is 3.84. The van der Waals surface area contributed by atoms with Crippen molar-refractivity contribution in [2.75, 3.05) is 0 Å². The molecule has 1 aliphatic carbocycles. The van der Waals surface area contributed by atoms with Crippen molar-refractivity contribution in [3.8, 4) is 0 Å². The van der Waals surface area contributed by atoms with Crippen LogP contribution in [-0.4, -0.2) is 10.7 Å². The van der Waals surface area contributed by atoms with Gasteiger partial charge >= 0.3 is 0 Å². The summed E-state index contributed by atoms with van der Waals surface area (Å²) in [5.74, 6) is 0.906. The summed E-state index contributed by atoms with van der Waals surface area (Å²) >= 11 is 0. The van der Waals surface area contributed by atoms with Crippen molar-refractivity contribution in [1.29, 1.82) is 0 Å². The molecule has 3 unspecified atom stereocenters. The molecular formula is C13H26O. The lowest BCUT2D eigenvalue weighted by molar-refractivity contribution is -0.0473. The zero-order chi connectivity index (χ0) is 11.0. The molecule has 84 valence electrons. The molecule has 1 saturated carbocycles. The van der Waals surface area contributed by atoms with Crippen LogP contribution in [0.1, 0.15) is 60.3 Å². The monoisotopic (exact) mass is 198 g/mol. The normalized spacial score (nSPS) is 38.6. The van der Waals surface area contributed by atoms with Gasteiger partial charge in [-0.2, -0.15) is 0 Å². The fraction of sp³-hybridized carbons (Fsp3) is 1.00. The molecule has 0 radical (unpaired) electrons. The molecule has 0 aromatic carbocycles. The molecular weight excluding hydrogens is 172 g/mol. The third-order valence-electron chi connectivity index (χ3n) is 4.05. The SMILES string of the molecule is CCCC(C)C1(O)CC(C)(C)CC1C. The summed E-state index contributed by atoms with van der Waals surface area (Å²) in [5.41, 5.74) is -0.0737. The largest absolute Gasteiger partial charge is 0.389 e. The summed E-state index contributed by atoms with van der Waals surface area (Å²) in [6.07, 6.45) is 4.47. The van der Waals surface area contributed by atoms with Crippen LogP contribution in [0.15, 0.2) is 0 Å². The topological polar surface area (TPSA) is 20.2 Å². The molecule has 0 aliphatic heterocycles. The lowest BCUT2D eigenvalue weighted by Crippen LogP contribution is -2.39. The third-order valence-corrected chi connectivity index (χ3v) is 4.05. The number of aliphatic hydroxyl groups is 1. The minimum atomic E-state index is -0.403. The van der Waals surface area contributed by atoms with Gasteiger partial charge in [0.1, 0.15) is 0 Å². The first-order valence-corrected chi connectivity index (χ1v) is 6.04. The highest BCUT2D eigenvalue weighted by Gasteiger charge is 2.49. The van der Waals surface area contributed by atoms with E-state index in [9.17, 15) is 5.11 Å². The summed E-state index contributed by atoms with van der Waals surface area (Å²) in [7, 11) is 0. The Morgan fingerprint density at radius 1 is 1.43 bits per heavy atom. The fourth-order valence-electron chi connectivity index (χ4n) is 3.36. The number of hydrogen-bond donors (Lipinski definition) is 1. The molecule has 3 atom stereocenters. The van der Waals surface area contributed by atoms with Gasteiger partial charge in [-0.25, -0.2) is 0 Å². The van der Waals surface area contributed by atoms with E-state index in [4.69, 9.17) is 0 Å². The molecule has 0 amide bonds. The van der Waals surface area contributed by atoms with Crippen LogP contribution in [-0.2, 0) is 0 Å². The Bertz CT molecular complexity index is 197. The minimum absolute atomic E-state index is 0.330. The van der Waals surface area contributed by atoms with Crippen LogP contribution in [0.25, 0.3) is 0 Å². The van der Waals surface area contributed by atoms with Gasteiger partial charge in [-0.15, -0.1) is 0 Å². The maximum atomic E-state index is 10.7. The van der Waals surface area contributed by atoms with Crippen molar-refractivity contribution in [2.24, 2.45) is 17.3 Å². The third kappa shape index (κ3) is 2.13. The highest BCUT2D eigenvalue weighted by atomic mass is 16.3. The maximum Gasteiger partial charge on any atom is 0.0703 e. The average molecular weight is 198 g/mol. The van der Waals surface area contributed by atoms with E-state index in [1.54, 1.807) is 0 Å². The second-order valence-corrected chi connectivity index (χ2v) is 6.13. The highest BCUT2D eigenvalue weighted by molar-refractivity contribution is 5.00. The molecule has 1 rings (SSSR count). The van der Waals surface area contributed by atoms with Gasteiger partial charge in [-0.05, 0) is 36.5 Å². The van der Waals surface area contributed by atoms with Crippen molar-refractivity contribution < 1.29 is 5.11 Å². The molecule has 14 heavy (non-hydrogen) atoms. The molecule has 0 aromatic rings. The van der Waals surface area contributed by atoms with E-state index >= 15 is 0 Å². The van der Waals surface area contributed by atoms with E-state index in [0.717, 1.165) is 19.3 Å². The average Bonchev–Trinajstić information content (AvgIpc) is 2.22. The Balaban J connectivity index is 2.74. The maximum absolute atomic E-state index is 10.7. The molecule has 0 saturated heterocycles. The van der Waals surface area contributed by atoms with Crippen molar-refractivity contribution >= 4 is 0 Å². The molecule has 0 spiro atoms. The van der Waals surface area contributed by atoms with E-state index in [-0.39, 0.29) is 0 Å². The molecule has 1 N–H and O–H groups in total. The van der Waals surface area contributed by atoms with Gasteiger partial charge in [-0.3, -0.25) is 0 Å². The van der Waals surface area contributed by atoms with E-state index in [1.165, 1.54) is 6.42 Å². The highest BCUT2D eigenvalue weighted by Crippen LogP contribution is 2.51. The summed E-state index contributed by atoms with van der Waals surface area (Å²) in [5, 5.41) is 10.7. The first-order chi connectivity index (χ1) is 6.32. The molecule has 1 fully saturated rings. The summed E-state index contributed by atoms with van der Waals surface area (Å²) in [4.78, 5) is 0. The summed E-state index contributed by atoms with van der Waals surface area (Å²) < 4.78 is 0. The van der Waals surface area contributed by atoms with Gasteiger partial charge in [-0.1, -0.05) is 41.0 Å². The second-order valence-electron chi connectivity index (χ2n) is 6.13.